The van der Waals surface area contributed by atoms with E-state index in [2.05, 4.69) is 31.3 Å². The third-order valence-corrected chi connectivity index (χ3v) is 7.20. The molecule has 0 heterocycles. The van der Waals surface area contributed by atoms with E-state index in [-0.39, 0.29) is 17.9 Å². The summed E-state index contributed by atoms with van der Waals surface area (Å²) in [4.78, 5) is 24.4. The second-order valence-electron chi connectivity index (χ2n) is 10.1. The third-order valence-electron chi connectivity index (χ3n) is 7.20. The summed E-state index contributed by atoms with van der Waals surface area (Å²) in [6.45, 7) is 4.68. The summed E-state index contributed by atoms with van der Waals surface area (Å²) < 4.78 is 0. The summed E-state index contributed by atoms with van der Waals surface area (Å²) in [5.74, 6) is -1.35. The van der Waals surface area contributed by atoms with Gasteiger partial charge in [0.1, 0.15) is 0 Å². The number of carboxylic acids is 1. The Balaban J connectivity index is 1.47. The fraction of sp³-hybridized carbons (Fsp3) is 0.652. The monoisotopic (exact) mass is 369 g/mol. The van der Waals surface area contributed by atoms with Crippen LogP contribution in [0, 0.1) is 28.6 Å². The van der Waals surface area contributed by atoms with Crippen molar-refractivity contribution < 1.29 is 14.7 Å². The summed E-state index contributed by atoms with van der Waals surface area (Å²) in [5, 5.41) is 12.7. The van der Waals surface area contributed by atoms with Gasteiger partial charge < -0.3 is 10.4 Å². The maximum Gasteiger partial charge on any atom is 0.307 e. The lowest BCUT2D eigenvalue weighted by Crippen LogP contribution is -2.54. The predicted molar refractivity (Wildman–Crippen MR) is 104 cm³/mol. The first-order valence-corrected chi connectivity index (χ1v) is 10.4. The fourth-order valence-electron chi connectivity index (χ4n) is 6.52. The van der Waals surface area contributed by atoms with Gasteiger partial charge in [0, 0.05) is 0 Å². The quantitative estimate of drug-likeness (QED) is 0.799. The molecular formula is C23H31NO3. The molecule has 27 heavy (non-hydrogen) atoms. The Bertz CT molecular complexity index is 710. The Morgan fingerprint density at radius 1 is 1.07 bits per heavy atom. The first-order chi connectivity index (χ1) is 12.8. The zero-order valence-electron chi connectivity index (χ0n) is 16.4. The van der Waals surface area contributed by atoms with Gasteiger partial charge in [-0.05, 0) is 60.8 Å². The number of nitrogens with one attached hydrogen (secondary N) is 1. The average molecular weight is 370 g/mol. The first kappa shape index (κ1) is 18.5. The van der Waals surface area contributed by atoms with Gasteiger partial charge in [-0.1, -0.05) is 50.6 Å². The van der Waals surface area contributed by atoms with Crippen molar-refractivity contribution in [2.45, 2.75) is 64.8 Å². The van der Waals surface area contributed by atoms with Crippen LogP contribution < -0.4 is 5.32 Å². The maximum absolute atomic E-state index is 13.0. The number of benzene rings is 1. The van der Waals surface area contributed by atoms with Gasteiger partial charge in [0.15, 0.2) is 0 Å². The fourth-order valence-corrected chi connectivity index (χ4v) is 6.52. The second-order valence-corrected chi connectivity index (χ2v) is 10.1. The van der Waals surface area contributed by atoms with E-state index in [4.69, 9.17) is 0 Å². The number of hydrogen-bond donors (Lipinski definition) is 2. The molecule has 2 N–H and O–H groups in total. The number of aliphatic carboxylic acids is 1. The van der Waals surface area contributed by atoms with Gasteiger partial charge in [0.2, 0.25) is 5.91 Å². The largest absolute Gasteiger partial charge is 0.481 e. The van der Waals surface area contributed by atoms with Crippen LogP contribution in [0.3, 0.4) is 0 Å². The van der Waals surface area contributed by atoms with E-state index in [9.17, 15) is 14.7 Å². The molecule has 0 aromatic heterocycles. The summed E-state index contributed by atoms with van der Waals surface area (Å²) in [6.07, 6.45) is 7.04. The Morgan fingerprint density at radius 3 is 2.30 bits per heavy atom. The van der Waals surface area contributed by atoms with E-state index in [0.29, 0.717) is 29.6 Å². The van der Waals surface area contributed by atoms with Crippen molar-refractivity contribution >= 4 is 11.9 Å². The SMILES string of the molecule is CC1(C)CC2(CC(C(NC(=O)C3CCCC3C(=O)O)c3ccccc3)C2)C1. The van der Waals surface area contributed by atoms with Crippen molar-refractivity contribution in [3.8, 4) is 0 Å². The van der Waals surface area contributed by atoms with E-state index in [1.54, 1.807) is 0 Å². The number of hydrogen-bond acceptors (Lipinski definition) is 2. The Morgan fingerprint density at radius 2 is 1.70 bits per heavy atom. The molecule has 3 aliphatic carbocycles. The van der Waals surface area contributed by atoms with Crippen molar-refractivity contribution in [3.63, 3.8) is 0 Å². The van der Waals surface area contributed by atoms with Crippen LogP contribution in [-0.2, 0) is 9.59 Å². The normalized spacial score (nSPS) is 29.6. The molecule has 3 atom stereocenters. The Labute approximate surface area is 161 Å². The highest BCUT2D eigenvalue weighted by atomic mass is 16.4. The van der Waals surface area contributed by atoms with E-state index in [1.807, 2.05) is 18.2 Å². The number of rotatable bonds is 5. The summed E-state index contributed by atoms with van der Waals surface area (Å²) in [6, 6.07) is 10.2. The van der Waals surface area contributed by atoms with Gasteiger partial charge in [0.05, 0.1) is 17.9 Å². The van der Waals surface area contributed by atoms with Crippen LogP contribution in [-0.4, -0.2) is 17.0 Å². The number of carbonyl (C=O) groups is 2. The second kappa shape index (κ2) is 6.65. The zero-order valence-corrected chi connectivity index (χ0v) is 16.4. The Kier molecular flexibility index (Phi) is 4.56. The molecule has 3 aliphatic rings. The summed E-state index contributed by atoms with van der Waals surface area (Å²) in [7, 11) is 0. The minimum Gasteiger partial charge on any atom is -0.481 e. The van der Waals surface area contributed by atoms with Crippen LogP contribution in [0.2, 0.25) is 0 Å². The lowest BCUT2D eigenvalue weighted by Gasteiger charge is -2.63. The molecule has 1 aromatic rings. The van der Waals surface area contributed by atoms with Crippen LogP contribution in [0.25, 0.3) is 0 Å². The van der Waals surface area contributed by atoms with Crippen molar-refractivity contribution in [1.29, 1.82) is 0 Å². The van der Waals surface area contributed by atoms with Crippen LogP contribution in [0.5, 0.6) is 0 Å². The third kappa shape index (κ3) is 3.51. The molecular weight excluding hydrogens is 338 g/mol. The predicted octanol–water partition coefficient (Wildman–Crippen LogP) is 4.56. The molecule has 0 bridgehead atoms. The maximum atomic E-state index is 13.0. The highest BCUT2D eigenvalue weighted by Gasteiger charge is 2.57. The van der Waals surface area contributed by atoms with Crippen molar-refractivity contribution in [3.05, 3.63) is 35.9 Å². The molecule has 4 rings (SSSR count). The zero-order chi connectivity index (χ0) is 19.2. The molecule has 3 unspecified atom stereocenters. The number of amides is 1. The van der Waals surface area contributed by atoms with Crippen LogP contribution in [0.1, 0.15) is 70.4 Å². The van der Waals surface area contributed by atoms with Gasteiger partial charge in [0.25, 0.3) is 0 Å². The molecule has 1 aromatic carbocycles. The molecule has 0 saturated heterocycles. The van der Waals surface area contributed by atoms with Gasteiger partial charge in [-0.25, -0.2) is 0 Å². The van der Waals surface area contributed by atoms with Gasteiger partial charge in [-0.2, -0.15) is 0 Å². The molecule has 4 heteroatoms. The highest BCUT2D eigenvalue weighted by Crippen LogP contribution is 2.67. The van der Waals surface area contributed by atoms with E-state index in [0.717, 1.165) is 12.0 Å². The molecule has 1 spiro atoms. The van der Waals surface area contributed by atoms with Crippen LogP contribution in [0.4, 0.5) is 0 Å². The van der Waals surface area contributed by atoms with Gasteiger partial charge >= 0.3 is 5.97 Å². The molecule has 0 radical (unpaired) electrons. The molecule has 1 amide bonds. The van der Waals surface area contributed by atoms with E-state index < -0.39 is 11.9 Å². The summed E-state index contributed by atoms with van der Waals surface area (Å²) in [5.41, 5.74) is 2.10. The van der Waals surface area contributed by atoms with Gasteiger partial charge in [-0.15, -0.1) is 0 Å². The first-order valence-electron chi connectivity index (χ1n) is 10.4. The van der Waals surface area contributed by atoms with Crippen molar-refractivity contribution in [2.75, 3.05) is 0 Å². The van der Waals surface area contributed by atoms with E-state index >= 15 is 0 Å². The van der Waals surface area contributed by atoms with Crippen molar-refractivity contribution in [2.24, 2.45) is 28.6 Å². The minimum atomic E-state index is -0.830. The lowest BCUT2D eigenvalue weighted by molar-refractivity contribution is -0.147. The van der Waals surface area contributed by atoms with Crippen LogP contribution >= 0.6 is 0 Å². The van der Waals surface area contributed by atoms with E-state index in [1.165, 1.54) is 25.7 Å². The average Bonchev–Trinajstić information content (AvgIpc) is 3.06. The molecule has 3 saturated carbocycles. The molecule has 3 fully saturated rings. The van der Waals surface area contributed by atoms with Crippen LogP contribution in [0.15, 0.2) is 30.3 Å². The Hall–Kier alpha value is -1.84. The topological polar surface area (TPSA) is 66.4 Å². The van der Waals surface area contributed by atoms with Crippen molar-refractivity contribution in [1.82, 2.24) is 5.32 Å². The molecule has 4 nitrogen and oxygen atoms in total. The number of carbonyl (C=O) groups excluding carboxylic acids is 1. The van der Waals surface area contributed by atoms with Gasteiger partial charge in [-0.3, -0.25) is 9.59 Å². The minimum absolute atomic E-state index is 0.00285. The standard InChI is InChI=1S/C23H31NO3/c1-22(2)13-23(14-22)11-16(12-23)19(15-7-4-3-5-8-15)24-20(25)17-9-6-10-18(17)21(26)27/h3-5,7-8,16-19H,6,9-14H2,1-2H3,(H,24,25)(H,26,27). The molecule has 0 aliphatic heterocycles. The molecule has 146 valence electrons. The lowest BCUT2D eigenvalue weighted by atomic mass is 9.42. The highest BCUT2D eigenvalue weighted by molar-refractivity contribution is 5.85. The summed E-state index contributed by atoms with van der Waals surface area (Å²) >= 11 is 0. The number of carboxylic acid groups (broad SMARTS) is 1. The smallest absolute Gasteiger partial charge is 0.307 e.